The summed E-state index contributed by atoms with van der Waals surface area (Å²) in [6.45, 7) is 4.69. The number of hydrogen-bond acceptors (Lipinski definition) is 6. The molecule has 0 saturated carbocycles. The van der Waals surface area contributed by atoms with Crippen molar-refractivity contribution in [1.29, 1.82) is 0 Å². The number of carbonyl (C=O) groups excluding carboxylic acids is 1. The molecular formula is C16H21N3O6S. The number of oxazole rings is 1. The Bertz CT molecular complexity index is 970. The second kappa shape index (κ2) is 7.22. The van der Waals surface area contributed by atoms with Gasteiger partial charge in [0.15, 0.2) is 5.58 Å². The van der Waals surface area contributed by atoms with Gasteiger partial charge in [-0.2, -0.15) is 4.31 Å². The van der Waals surface area contributed by atoms with Crippen molar-refractivity contribution in [2.75, 3.05) is 26.3 Å². The van der Waals surface area contributed by atoms with E-state index in [4.69, 9.17) is 9.15 Å². The fourth-order valence-electron chi connectivity index (χ4n) is 2.80. The van der Waals surface area contributed by atoms with Crippen LogP contribution >= 0.6 is 0 Å². The van der Waals surface area contributed by atoms with E-state index in [1.165, 1.54) is 27.1 Å². The maximum absolute atomic E-state index is 12.7. The summed E-state index contributed by atoms with van der Waals surface area (Å²) in [5.74, 6) is -1.03. The third kappa shape index (κ3) is 3.67. The van der Waals surface area contributed by atoms with Crippen molar-refractivity contribution in [3.05, 3.63) is 28.7 Å². The first-order valence-electron chi connectivity index (χ1n) is 8.29. The van der Waals surface area contributed by atoms with E-state index in [1.807, 2.05) is 13.8 Å². The molecule has 2 heterocycles. The first kappa shape index (κ1) is 18.6. The van der Waals surface area contributed by atoms with Crippen molar-refractivity contribution in [2.45, 2.75) is 31.3 Å². The van der Waals surface area contributed by atoms with E-state index in [0.717, 1.165) is 0 Å². The molecule has 142 valence electrons. The second-order valence-corrected chi connectivity index (χ2v) is 8.26. The van der Waals surface area contributed by atoms with Crippen molar-refractivity contribution in [3.63, 3.8) is 0 Å². The van der Waals surface area contributed by atoms with Crippen LogP contribution in [0.15, 0.2) is 32.3 Å². The molecule has 1 aliphatic heterocycles. The molecule has 1 N–H and O–H groups in total. The van der Waals surface area contributed by atoms with Gasteiger partial charge in [-0.1, -0.05) is 0 Å². The first-order chi connectivity index (χ1) is 12.3. The lowest BCUT2D eigenvalue weighted by molar-refractivity contribution is -0.122. The summed E-state index contributed by atoms with van der Waals surface area (Å²) >= 11 is 0. The van der Waals surface area contributed by atoms with Gasteiger partial charge in [0.1, 0.15) is 6.54 Å². The molecule has 0 unspecified atom stereocenters. The van der Waals surface area contributed by atoms with Gasteiger partial charge in [-0.3, -0.25) is 9.36 Å². The number of amides is 1. The maximum Gasteiger partial charge on any atom is 0.420 e. The van der Waals surface area contributed by atoms with Crippen molar-refractivity contribution in [1.82, 2.24) is 14.2 Å². The Morgan fingerprint density at radius 3 is 2.62 bits per heavy atom. The zero-order chi connectivity index (χ0) is 18.9. The Balaban J connectivity index is 1.93. The molecule has 0 bridgehead atoms. The number of fused-ring (bicyclic) bond motifs is 1. The van der Waals surface area contributed by atoms with Gasteiger partial charge in [-0.25, -0.2) is 13.2 Å². The quantitative estimate of drug-likeness (QED) is 0.786. The summed E-state index contributed by atoms with van der Waals surface area (Å²) < 4.78 is 38.2. The minimum absolute atomic E-state index is 0.0411. The number of sulfonamides is 1. The fourth-order valence-corrected chi connectivity index (χ4v) is 4.23. The average molecular weight is 383 g/mol. The molecule has 1 fully saturated rings. The SMILES string of the molecule is CC(C)NC(=O)Cn1c(=O)oc2cc(S(=O)(=O)N3CCOCC3)ccc21. The molecule has 3 rings (SSSR count). The van der Waals surface area contributed by atoms with Crippen LogP contribution in [0.4, 0.5) is 0 Å². The van der Waals surface area contributed by atoms with Crippen LogP contribution in [-0.2, 0) is 26.1 Å². The van der Waals surface area contributed by atoms with Crippen LogP contribution in [-0.4, -0.2) is 55.5 Å². The Kier molecular flexibility index (Phi) is 5.17. The second-order valence-electron chi connectivity index (χ2n) is 6.32. The summed E-state index contributed by atoms with van der Waals surface area (Å²) in [4.78, 5) is 24.0. The first-order valence-corrected chi connectivity index (χ1v) is 9.73. The molecule has 1 saturated heterocycles. The minimum atomic E-state index is -3.69. The molecule has 9 nitrogen and oxygen atoms in total. The highest BCUT2D eigenvalue weighted by Gasteiger charge is 2.27. The van der Waals surface area contributed by atoms with Gasteiger partial charge in [-0.15, -0.1) is 0 Å². The summed E-state index contributed by atoms with van der Waals surface area (Å²) in [6, 6.07) is 4.16. The zero-order valence-electron chi connectivity index (χ0n) is 14.6. The number of nitrogens with one attached hydrogen (secondary N) is 1. The van der Waals surface area contributed by atoms with E-state index < -0.39 is 15.8 Å². The van der Waals surface area contributed by atoms with Crippen molar-refractivity contribution in [3.8, 4) is 0 Å². The predicted molar refractivity (Wildman–Crippen MR) is 93.3 cm³/mol. The lowest BCUT2D eigenvalue weighted by atomic mass is 10.3. The Labute approximate surface area is 150 Å². The van der Waals surface area contributed by atoms with E-state index in [0.29, 0.717) is 18.7 Å². The smallest absolute Gasteiger partial charge is 0.408 e. The van der Waals surface area contributed by atoms with Gasteiger partial charge >= 0.3 is 5.76 Å². The van der Waals surface area contributed by atoms with Crippen molar-refractivity contribution in [2.24, 2.45) is 0 Å². The normalized spacial score (nSPS) is 16.3. The maximum atomic E-state index is 12.7. The molecular weight excluding hydrogens is 362 g/mol. The highest BCUT2D eigenvalue weighted by molar-refractivity contribution is 7.89. The summed E-state index contributed by atoms with van der Waals surface area (Å²) in [5.41, 5.74) is 0.497. The molecule has 0 atom stereocenters. The topological polar surface area (TPSA) is 111 Å². The summed E-state index contributed by atoms with van der Waals surface area (Å²) in [6.07, 6.45) is 0. The van der Waals surface area contributed by atoms with E-state index in [2.05, 4.69) is 5.32 Å². The van der Waals surface area contributed by atoms with E-state index in [1.54, 1.807) is 0 Å². The van der Waals surface area contributed by atoms with Crippen LogP contribution in [0, 0.1) is 0 Å². The van der Waals surface area contributed by atoms with E-state index in [9.17, 15) is 18.0 Å². The monoisotopic (exact) mass is 383 g/mol. The Morgan fingerprint density at radius 2 is 1.96 bits per heavy atom. The van der Waals surface area contributed by atoms with Gasteiger partial charge in [0.05, 0.1) is 23.6 Å². The summed E-state index contributed by atoms with van der Waals surface area (Å²) in [5, 5.41) is 2.70. The highest BCUT2D eigenvalue weighted by atomic mass is 32.2. The number of carbonyl (C=O) groups is 1. The molecule has 1 aliphatic rings. The fraction of sp³-hybridized carbons (Fsp3) is 0.500. The van der Waals surface area contributed by atoms with Gasteiger partial charge < -0.3 is 14.5 Å². The molecule has 0 aliphatic carbocycles. The van der Waals surface area contributed by atoms with Crippen LogP contribution in [0.2, 0.25) is 0 Å². The molecule has 26 heavy (non-hydrogen) atoms. The third-order valence-corrected chi connectivity index (χ3v) is 5.89. The van der Waals surface area contributed by atoms with Gasteiger partial charge in [0, 0.05) is 25.2 Å². The van der Waals surface area contributed by atoms with Crippen LogP contribution in [0.25, 0.3) is 11.1 Å². The molecule has 2 aromatic rings. The van der Waals surface area contributed by atoms with Gasteiger partial charge in [0.25, 0.3) is 0 Å². The number of aromatic nitrogens is 1. The molecule has 10 heteroatoms. The zero-order valence-corrected chi connectivity index (χ0v) is 15.4. The number of benzene rings is 1. The van der Waals surface area contributed by atoms with Gasteiger partial charge in [-0.05, 0) is 26.0 Å². The standard InChI is InChI=1S/C16H21N3O6S/c1-11(2)17-15(20)10-19-13-4-3-12(9-14(13)25-16(19)21)26(22,23)18-5-7-24-8-6-18/h3-4,9,11H,5-8,10H2,1-2H3,(H,17,20). The lowest BCUT2D eigenvalue weighted by Gasteiger charge is -2.25. The summed E-state index contributed by atoms with van der Waals surface area (Å²) in [7, 11) is -3.69. The minimum Gasteiger partial charge on any atom is -0.408 e. The Morgan fingerprint density at radius 1 is 1.27 bits per heavy atom. The van der Waals surface area contributed by atoms with E-state index >= 15 is 0 Å². The molecule has 1 amide bonds. The number of rotatable bonds is 5. The van der Waals surface area contributed by atoms with Crippen LogP contribution < -0.4 is 11.1 Å². The number of nitrogens with zero attached hydrogens (tertiary/aromatic N) is 2. The van der Waals surface area contributed by atoms with Crippen LogP contribution in [0.5, 0.6) is 0 Å². The van der Waals surface area contributed by atoms with Crippen LogP contribution in [0.3, 0.4) is 0 Å². The van der Waals surface area contributed by atoms with Crippen molar-refractivity contribution >= 4 is 27.0 Å². The van der Waals surface area contributed by atoms with Crippen LogP contribution in [0.1, 0.15) is 13.8 Å². The Hall–Kier alpha value is -2.17. The largest absolute Gasteiger partial charge is 0.420 e. The lowest BCUT2D eigenvalue weighted by Crippen LogP contribution is -2.40. The van der Waals surface area contributed by atoms with E-state index in [-0.39, 0.29) is 42.1 Å². The third-order valence-electron chi connectivity index (χ3n) is 4.00. The molecule has 1 aromatic heterocycles. The van der Waals surface area contributed by atoms with Crippen molar-refractivity contribution < 1.29 is 22.4 Å². The van der Waals surface area contributed by atoms with Gasteiger partial charge in [0.2, 0.25) is 15.9 Å². The predicted octanol–water partition coefficient (Wildman–Crippen LogP) is 0.140. The number of ether oxygens (including phenoxy) is 1. The molecule has 0 spiro atoms. The average Bonchev–Trinajstić information content (AvgIpc) is 2.90. The molecule has 1 aromatic carbocycles. The number of morpholine rings is 1. The number of hydrogen-bond donors (Lipinski definition) is 1. The highest BCUT2D eigenvalue weighted by Crippen LogP contribution is 2.22. The molecule has 0 radical (unpaired) electrons.